The van der Waals surface area contributed by atoms with Crippen LogP contribution < -0.4 is 9.47 Å². The Labute approximate surface area is 89.6 Å². The van der Waals surface area contributed by atoms with Crippen LogP contribution in [0.4, 0.5) is 0 Å². The lowest BCUT2D eigenvalue weighted by Crippen LogP contribution is -2.10. The van der Waals surface area contributed by atoms with Crippen molar-refractivity contribution in [3.63, 3.8) is 0 Å². The quantitative estimate of drug-likeness (QED) is 0.899. The van der Waals surface area contributed by atoms with Crippen LogP contribution in [0.3, 0.4) is 0 Å². The lowest BCUT2D eigenvalue weighted by Gasteiger charge is -2.10. The third-order valence-electron chi connectivity index (χ3n) is 1.49. The molecule has 0 unspecified atom stereocenters. The fraction of sp³-hybridized carbons (Fsp3) is 0.222. The summed E-state index contributed by atoms with van der Waals surface area (Å²) in [6.45, 7) is -0.390. The Morgan fingerprint density at radius 2 is 2.29 bits per heavy atom. The smallest absolute Gasteiger partial charge is 0.341 e. The highest BCUT2D eigenvalue weighted by molar-refractivity contribution is 9.10. The van der Waals surface area contributed by atoms with Gasteiger partial charge in [-0.1, -0.05) is 6.07 Å². The second kappa shape index (κ2) is 4.85. The van der Waals surface area contributed by atoms with Crippen molar-refractivity contribution in [1.82, 2.24) is 0 Å². The number of carboxylic acid groups (broad SMARTS) is 1. The predicted molar refractivity (Wildman–Crippen MR) is 53.8 cm³/mol. The maximum atomic E-state index is 10.3. The molecule has 1 aromatic rings. The molecule has 0 radical (unpaired) electrons. The van der Waals surface area contributed by atoms with Gasteiger partial charge in [0.05, 0.1) is 11.6 Å². The third kappa shape index (κ3) is 2.63. The number of halogens is 1. The van der Waals surface area contributed by atoms with Gasteiger partial charge in [0, 0.05) is 0 Å². The first-order chi connectivity index (χ1) is 6.65. The number of benzene rings is 1. The van der Waals surface area contributed by atoms with Crippen molar-refractivity contribution < 1.29 is 19.4 Å². The zero-order valence-electron chi connectivity index (χ0n) is 7.49. The number of methoxy groups -OCH3 is 1. The van der Waals surface area contributed by atoms with Crippen LogP contribution in [0.5, 0.6) is 11.5 Å². The summed E-state index contributed by atoms with van der Waals surface area (Å²) < 4.78 is 10.7. The summed E-state index contributed by atoms with van der Waals surface area (Å²) in [5.74, 6) is -0.124. The average Bonchev–Trinajstić information content (AvgIpc) is 2.15. The van der Waals surface area contributed by atoms with Crippen LogP contribution in [0.2, 0.25) is 0 Å². The largest absolute Gasteiger partial charge is 0.493 e. The Morgan fingerprint density at radius 1 is 1.57 bits per heavy atom. The average molecular weight is 261 g/mol. The number of ether oxygens (including phenoxy) is 2. The monoisotopic (exact) mass is 260 g/mol. The summed E-state index contributed by atoms with van der Waals surface area (Å²) in [5.41, 5.74) is 0. The van der Waals surface area contributed by atoms with Gasteiger partial charge in [0.2, 0.25) is 0 Å². The Morgan fingerprint density at radius 3 is 2.86 bits per heavy atom. The summed E-state index contributed by atoms with van der Waals surface area (Å²) in [4.78, 5) is 10.3. The molecule has 1 aromatic carbocycles. The fourth-order valence-corrected chi connectivity index (χ4v) is 1.39. The number of rotatable bonds is 4. The minimum Gasteiger partial charge on any atom is -0.493 e. The first-order valence-corrected chi connectivity index (χ1v) is 4.61. The molecule has 0 fully saturated rings. The van der Waals surface area contributed by atoms with Crippen LogP contribution in [0.25, 0.3) is 0 Å². The molecule has 0 saturated heterocycles. The molecular formula is C9H9BrO4. The van der Waals surface area contributed by atoms with E-state index < -0.39 is 5.97 Å². The van der Waals surface area contributed by atoms with Crippen LogP contribution in [-0.2, 0) is 4.79 Å². The molecule has 4 nitrogen and oxygen atoms in total. The minimum atomic E-state index is -1.03. The number of carboxylic acids is 1. The van der Waals surface area contributed by atoms with Crippen molar-refractivity contribution >= 4 is 21.9 Å². The van der Waals surface area contributed by atoms with Crippen molar-refractivity contribution in [1.29, 1.82) is 0 Å². The highest BCUT2D eigenvalue weighted by atomic mass is 79.9. The summed E-state index contributed by atoms with van der Waals surface area (Å²) in [5, 5.41) is 8.45. The van der Waals surface area contributed by atoms with E-state index in [2.05, 4.69) is 15.9 Å². The van der Waals surface area contributed by atoms with Crippen LogP contribution in [0, 0.1) is 0 Å². The van der Waals surface area contributed by atoms with E-state index in [4.69, 9.17) is 14.6 Å². The van der Waals surface area contributed by atoms with Crippen molar-refractivity contribution in [2.24, 2.45) is 0 Å². The molecule has 0 aliphatic carbocycles. The van der Waals surface area contributed by atoms with E-state index in [9.17, 15) is 4.79 Å². The maximum absolute atomic E-state index is 10.3. The first-order valence-electron chi connectivity index (χ1n) is 3.82. The van der Waals surface area contributed by atoms with Gasteiger partial charge in [-0.25, -0.2) is 4.79 Å². The van der Waals surface area contributed by atoms with Gasteiger partial charge >= 0.3 is 5.97 Å². The molecule has 14 heavy (non-hydrogen) atoms. The van der Waals surface area contributed by atoms with E-state index >= 15 is 0 Å². The predicted octanol–water partition coefficient (Wildman–Crippen LogP) is 1.92. The lowest BCUT2D eigenvalue weighted by molar-refractivity contribution is -0.139. The fourth-order valence-electron chi connectivity index (χ4n) is 0.924. The van der Waals surface area contributed by atoms with Crippen molar-refractivity contribution in [3.8, 4) is 11.5 Å². The summed E-state index contributed by atoms with van der Waals surface area (Å²) in [6, 6.07) is 5.22. The van der Waals surface area contributed by atoms with Gasteiger partial charge in [-0.05, 0) is 28.1 Å². The van der Waals surface area contributed by atoms with Crippen LogP contribution in [0.15, 0.2) is 22.7 Å². The number of aliphatic carboxylic acids is 1. The van der Waals surface area contributed by atoms with Gasteiger partial charge in [0.25, 0.3) is 0 Å². The van der Waals surface area contributed by atoms with Crippen molar-refractivity contribution in [3.05, 3.63) is 22.7 Å². The maximum Gasteiger partial charge on any atom is 0.341 e. The molecule has 0 heterocycles. The molecule has 1 N–H and O–H groups in total. The molecule has 0 bridgehead atoms. The molecule has 0 amide bonds. The van der Waals surface area contributed by atoms with Crippen LogP contribution >= 0.6 is 15.9 Å². The molecule has 0 aliphatic rings. The minimum absolute atomic E-state index is 0.390. The van der Waals surface area contributed by atoms with Gasteiger partial charge < -0.3 is 14.6 Å². The van der Waals surface area contributed by atoms with Gasteiger partial charge in [0.1, 0.15) is 0 Å². The van der Waals surface area contributed by atoms with Crippen LogP contribution in [-0.4, -0.2) is 24.8 Å². The Kier molecular flexibility index (Phi) is 3.76. The molecule has 0 aliphatic heterocycles. The van der Waals surface area contributed by atoms with Crippen molar-refractivity contribution in [2.45, 2.75) is 0 Å². The first kappa shape index (κ1) is 10.8. The number of hydrogen-bond acceptors (Lipinski definition) is 3. The highest BCUT2D eigenvalue weighted by Crippen LogP contribution is 2.34. The van der Waals surface area contributed by atoms with Gasteiger partial charge in [-0.2, -0.15) is 0 Å². The van der Waals surface area contributed by atoms with E-state index in [-0.39, 0.29) is 6.61 Å². The van der Waals surface area contributed by atoms with E-state index in [0.717, 1.165) is 0 Å². The molecular weight excluding hydrogens is 252 g/mol. The van der Waals surface area contributed by atoms with Crippen molar-refractivity contribution in [2.75, 3.05) is 13.7 Å². The van der Waals surface area contributed by atoms with Gasteiger partial charge in [0.15, 0.2) is 18.1 Å². The molecule has 76 valence electrons. The summed E-state index contributed by atoms with van der Waals surface area (Å²) >= 11 is 3.24. The SMILES string of the molecule is COc1cccc(Br)c1OCC(=O)O. The topological polar surface area (TPSA) is 55.8 Å². The number of carbonyl (C=O) groups is 1. The number of hydrogen-bond donors (Lipinski definition) is 1. The second-order valence-electron chi connectivity index (χ2n) is 2.45. The lowest BCUT2D eigenvalue weighted by atomic mass is 10.3. The standard InChI is InChI=1S/C9H9BrO4/c1-13-7-4-2-3-6(10)9(7)14-5-8(11)12/h2-4H,5H2,1H3,(H,11,12). The molecule has 0 spiro atoms. The zero-order chi connectivity index (χ0) is 10.6. The third-order valence-corrected chi connectivity index (χ3v) is 2.12. The van der Waals surface area contributed by atoms with Gasteiger partial charge in [-0.15, -0.1) is 0 Å². The van der Waals surface area contributed by atoms with Crippen LogP contribution in [0.1, 0.15) is 0 Å². The summed E-state index contributed by atoms with van der Waals surface area (Å²) in [7, 11) is 1.50. The normalized spacial score (nSPS) is 9.57. The Hall–Kier alpha value is -1.23. The Balaban J connectivity index is 2.87. The van der Waals surface area contributed by atoms with E-state index in [1.54, 1.807) is 18.2 Å². The molecule has 5 heteroatoms. The second-order valence-corrected chi connectivity index (χ2v) is 3.31. The number of para-hydroxylation sites is 1. The van der Waals surface area contributed by atoms with Gasteiger partial charge in [-0.3, -0.25) is 0 Å². The summed E-state index contributed by atoms with van der Waals surface area (Å²) in [6.07, 6.45) is 0. The molecule has 0 aromatic heterocycles. The molecule has 1 rings (SSSR count). The highest BCUT2D eigenvalue weighted by Gasteiger charge is 2.09. The molecule has 0 saturated carbocycles. The van der Waals surface area contributed by atoms with E-state index in [0.29, 0.717) is 16.0 Å². The Bertz CT molecular complexity index is 338. The van der Waals surface area contributed by atoms with E-state index in [1.165, 1.54) is 7.11 Å². The van der Waals surface area contributed by atoms with E-state index in [1.807, 2.05) is 0 Å². The zero-order valence-corrected chi connectivity index (χ0v) is 9.08. The molecule has 0 atom stereocenters.